The van der Waals surface area contributed by atoms with Crippen LogP contribution >= 0.6 is 27.5 Å². The number of benzene rings is 2. The van der Waals surface area contributed by atoms with Crippen LogP contribution in [0, 0.1) is 0 Å². The summed E-state index contributed by atoms with van der Waals surface area (Å²) in [6, 6.07) is 10.3. The van der Waals surface area contributed by atoms with Crippen LogP contribution in [-0.2, 0) is 9.53 Å². The molecular weight excluding hydrogens is 498 g/mol. The van der Waals surface area contributed by atoms with E-state index in [0.29, 0.717) is 33.1 Å². The van der Waals surface area contributed by atoms with Gasteiger partial charge in [0.1, 0.15) is 11.6 Å². The first-order valence-electron chi connectivity index (χ1n) is 10.1. The molecule has 168 valence electrons. The van der Waals surface area contributed by atoms with Crippen molar-refractivity contribution in [3.05, 3.63) is 67.6 Å². The molecule has 1 heterocycles. The highest BCUT2D eigenvalue weighted by Gasteiger charge is 2.18. The topological polar surface area (TPSA) is 82.8 Å². The smallest absolute Gasteiger partial charge is 0.346 e. The highest BCUT2D eigenvalue weighted by molar-refractivity contribution is 9.10. The zero-order valence-corrected chi connectivity index (χ0v) is 20.5. The van der Waals surface area contributed by atoms with Crippen molar-refractivity contribution in [3.63, 3.8) is 0 Å². The van der Waals surface area contributed by atoms with Crippen molar-refractivity contribution >= 4 is 50.6 Å². The number of aromatic nitrogens is 2. The van der Waals surface area contributed by atoms with Crippen LogP contribution < -0.4 is 10.3 Å². The Morgan fingerprint density at radius 3 is 2.72 bits per heavy atom. The molecule has 7 nitrogen and oxygen atoms in total. The van der Waals surface area contributed by atoms with Gasteiger partial charge in [-0.15, -0.1) is 0 Å². The third kappa shape index (κ3) is 5.19. The second kappa shape index (κ2) is 10.3. The summed E-state index contributed by atoms with van der Waals surface area (Å²) in [4.78, 5) is 29.7. The van der Waals surface area contributed by atoms with Crippen molar-refractivity contribution in [2.45, 2.75) is 39.2 Å². The minimum atomic E-state index is -0.827. The van der Waals surface area contributed by atoms with Crippen molar-refractivity contribution in [2.75, 3.05) is 7.11 Å². The van der Waals surface area contributed by atoms with Crippen molar-refractivity contribution in [1.82, 2.24) is 9.66 Å². The number of carbonyl (C=O) groups excluding carboxylic acids is 1. The number of esters is 1. The van der Waals surface area contributed by atoms with E-state index in [1.54, 1.807) is 37.3 Å². The molecule has 0 saturated carbocycles. The average molecular weight is 521 g/mol. The molecule has 0 N–H and O–H groups in total. The van der Waals surface area contributed by atoms with E-state index in [-0.39, 0.29) is 11.5 Å². The van der Waals surface area contributed by atoms with E-state index >= 15 is 0 Å². The van der Waals surface area contributed by atoms with Crippen LogP contribution in [0.15, 0.2) is 50.8 Å². The van der Waals surface area contributed by atoms with Crippen molar-refractivity contribution < 1.29 is 14.3 Å². The molecule has 0 saturated heterocycles. The maximum absolute atomic E-state index is 13.3. The van der Waals surface area contributed by atoms with Gasteiger partial charge in [0.05, 0.1) is 24.2 Å². The summed E-state index contributed by atoms with van der Waals surface area (Å²) in [5.74, 6) is 0.423. The van der Waals surface area contributed by atoms with Gasteiger partial charge in [-0.2, -0.15) is 9.78 Å². The lowest BCUT2D eigenvalue weighted by Gasteiger charge is -2.15. The maximum atomic E-state index is 13.3. The molecule has 0 bridgehead atoms. The molecule has 0 aliphatic carbocycles. The summed E-state index contributed by atoms with van der Waals surface area (Å²) < 4.78 is 12.5. The fraction of sp³-hybridized carbons (Fsp3) is 0.304. The normalized spacial score (nSPS) is 13.3. The molecule has 0 aliphatic heterocycles. The minimum absolute atomic E-state index is 0.00215. The summed E-state index contributed by atoms with van der Waals surface area (Å²) in [5.41, 5.74) is 0.832. The molecule has 0 radical (unpaired) electrons. The van der Waals surface area contributed by atoms with Crippen molar-refractivity contribution in [3.8, 4) is 5.75 Å². The van der Waals surface area contributed by atoms with Gasteiger partial charge in [-0.1, -0.05) is 41.4 Å². The molecule has 3 aromatic rings. The lowest BCUT2D eigenvalue weighted by molar-refractivity contribution is -0.147. The number of carbonyl (C=O) groups is 1. The Balaban J connectivity index is 2.12. The fourth-order valence-corrected chi connectivity index (χ4v) is 3.57. The number of ether oxygens (including phenoxy) is 2. The minimum Gasteiger partial charge on any atom is -0.478 e. The molecule has 3 rings (SSSR count). The molecule has 0 spiro atoms. The number of nitrogens with zero attached hydrogens (tertiary/aromatic N) is 3. The first-order chi connectivity index (χ1) is 15.2. The lowest BCUT2D eigenvalue weighted by atomic mass is 10.1. The Morgan fingerprint density at radius 2 is 2.03 bits per heavy atom. The third-order valence-electron chi connectivity index (χ3n) is 5.01. The average Bonchev–Trinajstić information content (AvgIpc) is 2.78. The summed E-state index contributed by atoms with van der Waals surface area (Å²) >= 11 is 9.56. The number of rotatable bonds is 7. The van der Waals surface area contributed by atoms with Crippen LogP contribution in [-0.4, -0.2) is 35.1 Å². The molecule has 0 fully saturated rings. The molecule has 0 unspecified atom stereocenters. The zero-order valence-electron chi connectivity index (χ0n) is 18.1. The quantitative estimate of drug-likeness (QED) is 0.318. The number of halogens is 2. The Hall–Kier alpha value is -2.71. The first-order valence-corrected chi connectivity index (χ1v) is 11.2. The van der Waals surface area contributed by atoms with Crippen LogP contribution in [0.5, 0.6) is 5.75 Å². The van der Waals surface area contributed by atoms with Gasteiger partial charge < -0.3 is 9.47 Å². The van der Waals surface area contributed by atoms with Gasteiger partial charge in [0.2, 0.25) is 0 Å². The van der Waals surface area contributed by atoms with E-state index < -0.39 is 12.1 Å². The standard InChI is InChI=1S/C23H23BrClN3O4/c1-5-13(2)21-27-19-8-6-16(24)11-18(19)22(29)28(21)26-12-15-10-17(25)7-9-20(15)32-14(3)23(30)31-4/h6-14H,5H2,1-4H3/t13-,14+/m1/s1. The molecule has 2 aromatic carbocycles. The van der Waals surface area contributed by atoms with Crippen LogP contribution in [0.3, 0.4) is 0 Å². The van der Waals surface area contributed by atoms with Gasteiger partial charge in [-0.3, -0.25) is 4.79 Å². The maximum Gasteiger partial charge on any atom is 0.346 e. The molecule has 2 atom stereocenters. The fourth-order valence-electron chi connectivity index (χ4n) is 3.03. The first kappa shape index (κ1) is 23.9. The van der Waals surface area contributed by atoms with E-state index in [0.717, 1.165) is 10.9 Å². The Kier molecular flexibility index (Phi) is 7.69. The van der Waals surface area contributed by atoms with Crippen LogP contribution in [0.2, 0.25) is 5.02 Å². The highest BCUT2D eigenvalue weighted by Crippen LogP contribution is 2.24. The lowest BCUT2D eigenvalue weighted by Crippen LogP contribution is -2.25. The summed E-state index contributed by atoms with van der Waals surface area (Å²) in [7, 11) is 1.29. The number of hydrogen-bond acceptors (Lipinski definition) is 6. The van der Waals surface area contributed by atoms with E-state index in [9.17, 15) is 9.59 Å². The third-order valence-corrected chi connectivity index (χ3v) is 5.74. The number of fused-ring (bicyclic) bond motifs is 1. The van der Waals surface area contributed by atoms with Gasteiger partial charge in [-0.25, -0.2) is 9.78 Å². The van der Waals surface area contributed by atoms with Gasteiger partial charge in [0.15, 0.2) is 6.10 Å². The van der Waals surface area contributed by atoms with E-state index in [1.165, 1.54) is 18.0 Å². The molecular formula is C23H23BrClN3O4. The van der Waals surface area contributed by atoms with Crippen LogP contribution in [0.25, 0.3) is 10.9 Å². The molecule has 0 aliphatic rings. The predicted octanol–water partition coefficient (Wildman–Crippen LogP) is 5.15. The number of methoxy groups -OCH3 is 1. The van der Waals surface area contributed by atoms with Gasteiger partial charge in [0.25, 0.3) is 5.56 Å². The summed E-state index contributed by atoms with van der Waals surface area (Å²) in [6.07, 6.45) is 1.43. The van der Waals surface area contributed by atoms with Gasteiger partial charge in [-0.05, 0) is 49.7 Å². The molecule has 0 amide bonds. The van der Waals surface area contributed by atoms with E-state index in [1.807, 2.05) is 19.9 Å². The SMILES string of the molecule is CC[C@@H](C)c1nc2ccc(Br)cc2c(=O)n1N=Cc1cc(Cl)ccc1O[C@@H](C)C(=O)OC. The summed E-state index contributed by atoms with van der Waals surface area (Å²) in [5, 5.41) is 5.35. The van der Waals surface area contributed by atoms with Crippen molar-refractivity contribution in [2.24, 2.45) is 5.10 Å². The van der Waals surface area contributed by atoms with Crippen LogP contribution in [0.4, 0.5) is 0 Å². The highest BCUT2D eigenvalue weighted by atomic mass is 79.9. The number of hydrogen-bond donors (Lipinski definition) is 0. The second-order valence-corrected chi connectivity index (χ2v) is 8.62. The molecule has 9 heteroatoms. The molecule has 32 heavy (non-hydrogen) atoms. The monoisotopic (exact) mass is 519 g/mol. The predicted molar refractivity (Wildman–Crippen MR) is 129 cm³/mol. The van der Waals surface area contributed by atoms with E-state index in [4.69, 9.17) is 26.1 Å². The Bertz CT molecular complexity index is 1240. The largest absolute Gasteiger partial charge is 0.478 e. The van der Waals surface area contributed by atoms with Gasteiger partial charge >= 0.3 is 5.97 Å². The van der Waals surface area contributed by atoms with Crippen LogP contribution in [0.1, 0.15) is 44.5 Å². The Morgan fingerprint density at radius 1 is 1.28 bits per heavy atom. The zero-order chi connectivity index (χ0) is 23.4. The van der Waals surface area contributed by atoms with E-state index in [2.05, 4.69) is 21.0 Å². The van der Waals surface area contributed by atoms with Gasteiger partial charge in [0, 0.05) is 21.0 Å². The van der Waals surface area contributed by atoms with Crippen molar-refractivity contribution in [1.29, 1.82) is 0 Å². The Labute approximate surface area is 199 Å². The molecule has 1 aromatic heterocycles. The second-order valence-electron chi connectivity index (χ2n) is 7.27. The summed E-state index contributed by atoms with van der Waals surface area (Å²) in [6.45, 7) is 5.59.